The van der Waals surface area contributed by atoms with Crippen LogP contribution in [0, 0.1) is 0 Å². The van der Waals surface area contributed by atoms with Crippen LogP contribution < -0.4 is 4.90 Å². The van der Waals surface area contributed by atoms with Gasteiger partial charge in [-0.25, -0.2) is 4.79 Å². The summed E-state index contributed by atoms with van der Waals surface area (Å²) in [6.45, 7) is 0.535. The second-order valence-corrected chi connectivity index (χ2v) is 5.36. The summed E-state index contributed by atoms with van der Waals surface area (Å²) in [6.07, 6.45) is 0. The van der Waals surface area contributed by atoms with E-state index in [9.17, 15) is 4.79 Å². The Morgan fingerprint density at radius 1 is 1.14 bits per heavy atom. The highest BCUT2D eigenvalue weighted by molar-refractivity contribution is 6.42. The molecule has 0 N–H and O–H groups in total. The van der Waals surface area contributed by atoms with Crippen LogP contribution >= 0.6 is 23.2 Å². The van der Waals surface area contributed by atoms with Gasteiger partial charge in [-0.3, -0.25) is 0 Å². The van der Waals surface area contributed by atoms with E-state index in [4.69, 9.17) is 27.9 Å². The van der Waals surface area contributed by atoms with Crippen molar-refractivity contribution in [2.24, 2.45) is 0 Å². The molecule has 0 bridgehead atoms. The molecule has 0 atom stereocenters. The number of esters is 1. The molecule has 0 aliphatic rings. The molecule has 2 aromatic carbocycles. The van der Waals surface area contributed by atoms with Gasteiger partial charge in [0, 0.05) is 13.6 Å². The van der Waals surface area contributed by atoms with Crippen LogP contribution in [0.3, 0.4) is 0 Å². The number of nitrogens with zero attached hydrogens (tertiary/aromatic N) is 1. The molecular formula is C16H15Cl2NO2. The van der Waals surface area contributed by atoms with Gasteiger partial charge in [0.05, 0.1) is 28.4 Å². The molecule has 0 saturated heterocycles. The molecule has 0 aliphatic carbocycles. The lowest BCUT2D eigenvalue weighted by Crippen LogP contribution is -2.20. The van der Waals surface area contributed by atoms with Crippen molar-refractivity contribution < 1.29 is 9.53 Å². The molecule has 0 unspecified atom stereocenters. The van der Waals surface area contributed by atoms with Crippen LogP contribution in [-0.4, -0.2) is 20.1 Å². The van der Waals surface area contributed by atoms with Crippen LogP contribution in [0.4, 0.5) is 5.69 Å². The van der Waals surface area contributed by atoms with Crippen LogP contribution in [0.5, 0.6) is 0 Å². The van der Waals surface area contributed by atoms with E-state index in [2.05, 4.69) is 0 Å². The SMILES string of the molecule is COC(=O)c1ccccc1N(C)Cc1cccc(Cl)c1Cl. The highest BCUT2D eigenvalue weighted by Crippen LogP contribution is 2.28. The second-order valence-electron chi connectivity index (χ2n) is 4.58. The first-order chi connectivity index (χ1) is 10.0. The second kappa shape index (κ2) is 6.83. The molecule has 0 saturated carbocycles. The fourth-order valence-corrected chi connectivity index (χ4v) is 2.48. The van der Waals surface area contributed by atoms with Crippen molar-refractivity contribution in [3.63, 3.8) is 0 Å². The third-order valence-electron chi connectivity index (χ3n) is 3.16. The molecule has 2 aromatic rings. The number of ether oxygens (including phenoxy) is 1. The van der Waals surface area contributed by atoms with Crippen molar-refractivity contribution in [2.45, 2.75) is 6.54 Å². The molecule has 0 aromatic heterocycles. The zero-order valence-corrected chi connectivity index (χ0v) is 13.3. The van der Waals surface area contributed by atoms with Gasteiger partial charge in [0.1, 0.15) is 0 Å². The number of carbonyl (C=O) groups is 1. The molecule has 0 radical (unpaired) electrons. The zero-order valence-electron chi connectivity index (χ0n) is 11.8. The van der Waals surface area contributed by atoms with Crippen LogP contribution in [-0.2, 0) is 11.3 Å². The topological polar surface area (TPSA) is 29.5 Å². The maximum atomic E-state index is 11.8. The normalized spacial score (nSPS) is 10.3. The number of carbonyl (C=O) groups excluding carboxylic acids is 1. The molecule has 0 amide bonds. The van der Waals surface area contributed by atoms with Gasteiger partial charge >= 0.3 is 5.97 Å². The predicted octanol–water partition coefficient (Wildman–Crippen LogP) is 4.42. The summed E-state index contributed by atoms with van der Waals surface area (Å²) in [7, 11) is 3.26. The highest BCUT2D eigenvalue weighted by Gasteiger charge is 2.15. The maximum Gasteiger partial charge on any atom is 0.339 e. The third-order valence-corrected chi connectivity index (χ3v) is 4.02. The maximum absolute atomic E-state index is 11.8. The minimum atomic E-state index is -0.366. The van der Waals surface area contributed by atoms with Gasteiger partial charge in [0.2, 0.25) is 0 Å². The van der Waals surface area contributed by atoms with Gasteiger partial charge in [-0.1, -0.05) is 47.5 Å². The number of rotatable bonds is 4. The Labute approximate surface area is 134 Å². The average molecular weight is 324 g/mol. The number of anilines is 1. The van der Waals surface area contributed by atoms with Gasteiger partial charge in [0.25, 0.3) is 0 Å². The van der Waals surface area contributed by atoms with Crippen LogP contribution in [0.1, 0.15) is 15.9 Å². The van der Waals surface area contributed by atoms with Gasteiger partial charge < -0.3 is 9.64 Å². The lowest BCUT2D eigenvalue weighted by Gasteiger charge is -2.22. The van der Waals surface area contributed by atoms with Gasteiger partial charge in [-0.2, -0.15) is 0 Å². The van der Waals surface area contributed by atoms with Crippen molar-refractivity contribution in [2.75, 3.05) is 19.1 Å². The first-order valence-electron chi connectivity index (χ1n) is 6.36. The Hall–Kier alpha value is -1.71. The molecule has 21 heavy (non-hydrogen) atoms. The predicted molar refractivity (Wildman–Crippen MR) is 86.4 cm³/mol. The number of hydrogen-bond acceptors (Lipinski definition) is 3. The van der Waals surface area contributed by atoms with Crippen molar-refractivity contribution in [1.82, 2.24) is 0 Å². The first-order valence-corrected chi connectivity index (χ1v) is 7.11. The summed E-state index contributed by atoms with van der Waals surface area (Å²) in [5, 5.41) is 1.05. The van der Waals surface area contributed by atoms with E-state index in [0.29, 0.717) is 22.2 Å². The summed E-state index contributed by atoms with van der Waals surface area (Å²) in [5.41, 5.74) is 2.19. The van der Waals surface area contributed by atoms with E-state index >= 15 is 0 Å². The number of halogens is 2. The van der Waals surface area contributed by atoms with Crippen molar-refractivity contribution in [1.29, 1.82) is 0 Å². The van der Waals surface area contributed by atoms with Gasteiger partial charge in [-0.05, 0) is 23.8 Å². The van der Waals surface area contributed by atoms with Crippen LogP contribution in [0.25, 0.3) is 0 Å². The Bertz CT molecular complexity index is 658. The summed E-state index contributed by atoms with van der Waals surface area (Å²) in [6, 6.07) is 12.8. The first kappa shape index (κ1) is 15.7. The van der Waals surface area contributed by atoms with Crippen molar-refractivity contribution in [3.8, 4) is 0 Å². The fraction of sp³-hybridized carbons (Fsp3) is 0.188. The number of benzene rings is 2. The number of hydrogen-bond donors (Lipinski definition) is 0. The fourth-order valence-electron chi connectivity index (χ4n) is 2.10. The highest BCUT2D eigenvalue weighted by atomic mass is 35.5. The monoisotopic (exact) mass is 323 g/mol. The lowest BCUT2D eigenvalue weighted by atomic mass is 10.1. The quantitative estimate of drug-likeness (QED) is 0.780. The van der Waals surface area contributed by atoms with E-state index in [1.165, 1.54) is 7.11 Å². The van der Waals surface area contributed by atoms with E-state index in [-0.39, 0.29) is 5.97 Å². The molecule has 0 fully saturated rings. The van der Waals surface area contributed by atoms with E-state index in [1.54, 1.807) is 18.2 Å². The molecular weight excluding hydrogens is 309 g/mol. The van der Waals surface area contributed by atoms with Gasteiger partial charge in [-0.15, -0.1) is 0 Å². The van der Waals surface area contributed by atoms with Crippen LogP contribution in [0.2, 0.25) is 10.0 Å². The minimum Gasteiger partial charge on any atom is -0.465 e. The van der Waals surface area contributed by atoms with E-state index < -0.39 is 0 Å². The molecule has 0 aliphatic heterocycles. The number of methoxy groups -OCH3 is 1. The number of para-hydroxylation sites is 1. The minimum absolute atomic E-state index is 0.366. The van der Waals surface area contributed by atoms with E-state index in [1.807, 2.05) is 36.2 Å². The van der Waals surface area contributed by atoms with E-state index in [0.717, 1.165) is 11.3 Å². The zero-order chi connectivity index (χ0) is 15.4. The Morgan fingerprint density at radius 2 is 1.86 bits per heavy atom. The molecule has 5 heteroatoms. The van der Waals surface area contributed by atoms with Crippen LogP contribution in [0.15, 0.2) is 42.5 Å². The molecule has 3 nitrogen and oxygen atoms in total. The summed E-state index contributed by atoms with van der Waals surface area (Å²) < 4.78 is 4.81. The summed E-state index contributed by atoms with van der Waals surface area (Å²) >= 11 is 12.2. The third kappa shape index (κ3) is 3.49. The van der Waals surface area contributed by atoms with Crippen molar-refractivity contribution in [3.05, 3.63) is 63.6 Å². The Morgan fingerprint density at radius 3 is 2.57 bits per heavy atom. The van der Waals surface area contributed by atoms with Crippen molar-refractivity contribution >= 4 is 34.9 Å². The largest absolute Gasteiger partial charge is 0.465 e. The molecule has 2 rings (SSSR count). The average Bonchev–Trinajstić information content (AvgIpc) is 2.51. The Balaban J connectivity index is 2.31. The molecule has 0 heterocycles. The summed E-state index contributed by atoms with van der Waals surface area (Å²) in [4.78, 5) is 13.8. The molecule has 110 valence electrons. The Kier molecular flexibility index (Phi) is 5.10. The lowest BCUT2D eigenvalue weighted by molar-refractivity contribution is 0.0601. The standard InChI is InChI=1S/C16H15Cl2NO2/c1-19(10-11-6-5-8-13(17)15(11)18)14-9-4-3-7-12(14)16(20)21-2/h3-9H,10H2,1-2H3. The molecule has 0 spiro atoms. The smallest absolute Gasteiger partial charge is 0.339 e. The summed E-state index contributed by atoms with van der Waals surface area (Å²) in [5.74, 6) is -0.366. The van der Waals surface area contributed by atoms with Gasteiger partial charge in [0.15, 0.2) is 0 Å².